The average Bonchev–Trinajstić information content (AvgIpc) is 1.68. The summed E-state index contributed by atoms with van der Waals surface area (Å²) in [5, 5.41) is 10.0. The van der Waals surface area contributed by atoms with Crippen LogP contribution in [0.1, 0.15) is 26.7 Å². The van der Waals surface area contributed by atoms with Gasteiger partial charge in [0.15, 0.2) is 0 Å². The molecule has 0 aromatic carbocycles. The van der Waals surface area contributed by atoms with E-state index < -0.39 is 0 Å². The number of rotatable bonds is 3. The Balaban J connectivity index is -0.000000180. The third kappa shape index (κ3) is 12.3. The fraction of sp³-hybridized carbons (Fsp3) is 1.00. The standard InChI is InChI=1S/C6H13O.ClH.Mg/c1-3-4-6(2)5-7;;/h6H,3-5H2,1-2H3;1H;/q-1;;+2/p-1. The van der Waals surface area contributed by atoms with Gasteiger partial charge >= 0.3 is 23.1 Å². The molecule has 0 N–H and O–H groups in total. The van der Waals surface area contributed by atoms with E-state index in [2.05, 4.69) is 6.92 Å². The molecule has 9 heavy (non-hydrogen) atoms. The van der Waals surface area contributed by atoms with Crippen LogP contribution in [0.3, 0.4) is 0 Å². The molecule has 0 rings (SSSR count). The van der Waals surface area contributed by atoms with Crippen LogP contribution < -0.4 is 17.5 Å². The van der Waals surface area contributed by atoms with Crippen molar-refractivity contribution in [2.75, 3.05) is 6.61 Å². The van der Waals surface area contributed by atoms with Crippen molar-refractivity contribution in [2.45, 2.75) is 26.7 Å². The summed E-state index contributed by atoms with van der Waals surface area (Å²) >= 11 is 0. The molecule has 0 aliphatic carbocycles. The summed E-state index contributed by atoms with van der Waals surface area (Å²) in [7, 11) is 0. The van der Waals surface area contributed by atoms with Gasteiger partial charge in [-0.1, -0.05) is 32.6 Å². The van der Waals surface area contributed by atoms with E-state index in [-0.39, 0.29) is 42.1 Å². The molecule has 0 spiro atoms. The molecular formula is C6H13ClMgO. The minimum atomic E-state index is 0. The van der Waals surface area contributed by atoms with E-state index in [1.165, 1.54) is 0 Å². The van der Waals surface area contributed by atoms with Gasteiger partial charge in [-0.3, -0.25) is 0 Å². The summed E-state index contributed by atoms with van der Waals surface area (Å²) in [6.07, 6.45) is 2.23. The second-order valence-corrected chi connectivity index (χ2v) is 2.06. The molecule has 1 unspecified atom stereocenters. The fourth-order valence-corrected chi connectivity index (χ4v) is 0.576. The van der Waals surface area contributed by atoms with E-state index in [0.717, 1.165) is 12.8 Å². The Morgan fingerprint density at radius 3 is 2.00 bits per heavy atom. The minimum absolute atomic E-state index is 0. The Hall–Kier alpha value is 1.02. The van der Waals surface area contributed by atoms with Crippen molar-refractivity contribution < 1.29 is 17.5 Å². The van der Waals surface area contributed by atoms with E-state index in [4.69, 9.17) is 0 Å². The monoisotopic (exact) mass is 160 g/mol. The van der Waals surface area contributed by atoms with Gasteiger partial charge in [0.1, 0.15) is 0 Å². The van der Waals surface area contributed by atoms with Crippen LogP contribution in [0.5, 0.6) is 0 Å². The summed E-state index contributed by atoms with van der Waals surface area (Å²) in [5.41, 5.74) is 0. The Morgan fingerprint density at radius 2 is 1.89 bits per heavy atom. The van der Waals surface area contributed by atoms with E-state index in [1.807, 2.05) is 6.92 Å². The van der Waals surface area contributed by atoms with Crippen LogP contribution >= 0.6 is 0 Å². The normalized spacial score (nSPS) is 11.0. The maximum atomic E-state index is 10.0. The van der Waals surface area contributed by atoms with Gasteiger partial charge < -0.3 is 17.5 Å². The summed E-state index contributed by atoms with van der Waals surface area (Å²) < 4.78 is 0. The zero-order chi connectivity index (χ0) is 5.70. The summed E-state index contributed by atoms with van der Waals surface area (Å²) in [5.74, 6) is 0.394. The molecule has 0 heterocycles. The second-order valence-electron chi connectivity index (χ2n) is 2.06. The van der Waals surface area contributed by atoms with Crippen LogP contribution in [0.15, 0.2) is 0 Å². The molecule has 1 atom stereocenters. The molecule has 0 bridgehead atoms. The first-order valence-electron chi connectivity index (χ1n) is 2.89. The molecule has 0 amide bonds. The van der Waals surface area contributed by atoms with Crippen molar-refractivity contribution in [3.63, 3.8) is 0 Å². The molecule has 52 valence electrons. The van der Waals surface area contributed by atoms with E-state index in [9.17, 15) is 5.11 Å². The van der Waals surface area contributed by atoms with Crippen molar-refractivity contribution in [1.29, 1.82) is 0 Å². The first-order chi connectivity index (χ1) is 3.31. The predicted molar refractivity (Wildman–Crippen MR) is 34.7 cm³/mol. The first kappa shape index (κ1) is 16.5. The summed E-state index contributed by atoms with van der Waals surface area (Å²) in [4.78, 5) is 0. The minimum Gasteiger partial charge on any atom is -1.00 e. The zero-order valence-electron chi connectivity index (χ0n) is 6.19. The topological polar surface area (TPSA) is 23.1 Å². The molecule has 0 aromatic heterocycles. The molecule has 3 heteroatoms. The third-order valence-corrected chi connectivity index (χ3v) is 1.07. The largest absolute Gasteiger partial charge is 2.00 e. The SMILES string of the molecule is CCCC(C)C[O-].[Cl-].[Mg+2]. The van der Waals surface area contributed by atoms with Gasteiger partial charge in [-0.15, -0.1) is 6.61 Å². The Morgan fingerprint density at radius 1 is 1.44 bits per heavy atom. The molecule has 0 radical (unpaired) electrons. The van der Waals surface area contributed by atoms with Crippen molar-refractivity contribution >= 4 is 23.1 Å². The molecule has 0 saturated carbocycles. The van der Waals surface area contributed by atoms with Crippen LogP contribution in [0.2, 0.25) is 0 Å². The molecule has 0 aliphatic heterocycles. The third-order valence-electron chi connectivity index (χ3n) is 1.07. The van der Waals surface area contributed by atoms with Crippen molar-refractivity contribution in [3.8, 4) is 0 Å². The van der Waals surface area contributed by atoms with Gasteiger partial charge in [-0.25, -0.2) is 0 Å². The van der Waals surface area contributed by atoms with Gasteiger partial charge in [0, 0.05) is 0 Å². The molecule has 0 saturated heterocycles. The summed E-state index contributed by atoms with van der Waals surface area (Å²) in [6, 6.07) is 0. The Bertz CT molecular complexity index is 44.0. The fourth-order valence-electron chi connectivity index (χ4n) is 0.576. The van der Waals surface area contributed by atoms with Crippen molar-refractivity contribution in [2.24, 2.45) is 5.92 Å². The van der Waals surface area contributed by atoms with Crippen LogP contribution in [-0.4, -0.2) is 29.7 Å². The molecule has 0 aromatic rings. The number of halogens is 1. The van der Waals surface area contributed by atoms with Crippen LogP contribution in [0.4, 0.5) is 0 Å². The smallest absolute Gasteiger partial charge is 1.00 e. The zero-order valence-corrected chi connectivity index (χ0v) is 8.36. The van der Waals surface area contributed by atoms with Crippen molar-refractivity contribution in [1.82, 2.24) is 0 Å². The quantitative estimate of drug-likeness (QED) is 0.416. The molecule has 1 nitrogen and oxygen atoms in total. The van der Waals surface area contributed by atoms with E-state index >= 15 is 0 Å². The van der Waals surface area contributed by atoms with Gasteiger partial charge in [0.25, 0.3) is 0 Å². The molecule has 0 fully saturated rings. The van der Waals surface area contributed by atoms with E-state index in [1.54, 1.807) is 0 Å². The Kier molecular flexibility index (Phi) is 21.6. The van der Waals surface area contributed by atoms with Crippen LogP contribution in [0.25, 0.3) is 0 Å². The second kappa shape index (κ2) is 11.8. The van der Waals surface area contributed by atoms with Gasteiger partial charge in [0.2, 0.25) is 0 Å². The van der Waals surface area contributed by atoms with Crippen LogP contribution in [-0.2, 0) is 0 Å². The maximum Gasteiger partial charge on any atom is 2.00 e. The van der Waals surface area contributed by atoms with Crippen molar-refractivity contribution in [3.05, 3.63) is 0 Å². The molecular weight excluding hydrogens is 148 g/mol. The van der Waals surface area contributed by atoms with Gasteiger partial charge in [-0.2, -0.15) is 0 Å². The summed E-state index contributed by atoms with van der Waals surface area (Å²) in [6.45, 7) is 4.19. The average molecular weight is 161 g/mol. The first-order valence-corrected chi connectivity index (χ1v) is 2.89. The van der Waals surface area contributed by atoms with Gasteiger partial charge in [0.05, 0.1) is 0 Å². The number of hydrogen-bond donors (Lipinski definition) is 0. The van der Waals surface area contributed by atoms with Gasteiger partial charge in [-0.05, 0) is 0 Å². The molecule has 0 aliphatic rings. The predicted octanol–water partition coefficient (Wildman–Crippen LogP) is -2.59. The van der Waals surface area contributed by atoms with E-state index in [0.29, 0.717) is 5.92 Å². The Labute approximate surface area is 79.8 Å². The number of hydrogen-bond acceptors (Lipinski definition) is 1. The van der Waals surface area contributed by atoms with Crippen LogP contribution in [0, 0.1) is 5.92 Å². The maximum absolute atomic E-state index is 10.0.